The number of hydrogen-bond donors (Lipinski definition) is 2. The highest BCUT2D eigenvalue weighted by atomic mass is 32.2. The van der Waals surface area contributed by atoms with Gasteiger partial charge in [-0.1, -0.05) is 23.9 Å². The van der Waals surface area contributed by atoms with Crippen molar-refractivity contribution in [3.8, 4) is 5.75 Å². The number of phenolic OH excluding ortho intramolecular Hbond substituents is 1. The van der Waals surface area contributed by atoms with Crippen LogP contribution in [-0.4, -0.2) is 28.0 Å². The third-order valence-electron chi connectivity index (χ3n) is 2.90. The molecule has 23 heavy (non-hydrogen) atoms. The van der Waals surface area contributed by atoms with Crippen molar-refractivity contribution in [1.82, 2.24) is 10.4 Å². The van der Waals surface area contributed by atoms with E-state index in [1.54, 1.807) is 35.6 Å². The lowest BCUT2D eigenvalue weighted by atomic mass is 10.2. The topological polar surface area (TPSA) is 74.6 Å². The number of hydrogen-bond acceptors (Lipinski definition) is 6. The predicted molar refractivity (Wildman–Crippen MR) is 94.2 cm³/mol. The molecule has 3 aromatic rings. The molecule has 0 atom stereocenters. The maximum absolute atomic E-state index is 11.8. The maximum atomic E-state index is 11.8. The number of carbonyl (C=O) groups excluding carboxylic acids is 1. The minimum absolute atomic E-state index is 0.190. The van der Waals surface area contributed by atoms with Gasteiger partial charge in [-0.2, -0.15) is 5.10 Å². The number of carbonyl (C=O) groups is 1. The molecule has 5 nitrogen and oxygen atoms in total. The second-order valence-corrected chi connectivity index (χ2v) is 6.87. The zero-order valence-corrected chi connectivity index (χ0v) is 13.6. The van der Waals surface area contributed by atoms with E-state index in [2.05, 4.69) is 15.5 Å². The van der Waals surface area contributed by atoms with Crippen molar-refractivity contribution in [2.45, 2.75) is 4.34 Å². The van der Waals surface area contributed by atoms with Gasteiger partial charge in [-0.15, -0.1) is 11.3 Å². The van der Waals surface area contributed by atoms with Gasteiger partial charge in [0.25, 0.3) is 5.91 Å². The van der Waals surface area contributed by atoms with Crippen molar-refractivity contribution in [3.63, 3.8) is 0 Å². The van der Waals surface area contributed by atoms with Gasteiger partial charge < -0.3 is 5.11 Å². The largest absolute Gasteiger partial charge is 0.508 e. The Bertz CT molecular complexity index is 811. The fraction of sp³-hybridized carbons (Fsp3) is 0.0625. The number of para-hydroxylation sites is 1. The van der Waals surface area contributed by atoms with Crippen molar-refractivity contribution in [2.24, 2.45) is 5.10 Å². The highest BCUT2D eigenvalue weighted by Gasteiger charge is 2.06. The Morgan fingerprint density at radius 3 is 2.83 bits per heavy atom. The second kappa shape index (κ2) is 7.26. The van der Waals surface area contributed by atoms with E-state index >= 15 is 0 Å². The van der Waals surface area contributed by atoms with Crippen molar-refractivity contribution >= 4 is 45.4 Å². The quantitative estimate of drug-likeness (QED) is 0.424. The summed E-state index contributed by atoms with van der Waals surface area (Å²) in [5.41, 5.74) is 4.22. The number of thiazole rings is 1. The van der Waals surface area contributed by atoms with E-state index in [-0.39, 0.29) is 17.4 Å². The van der Waals surface area contributed by atoms with Crippen LogP contribution in [0.3, 0.4) is 0 Å². The number of amides is 1. The molecular weight excluding hydrogens is 330 g/mol. The lowest BCUT2D eigenvalue weighted by molar-refractivity contribution is -0.118. The van der Waals surface area contributed by atoms with Crippen molar-refractivity contribution in [1.29, 1.82) is 0 Å². The smallest absolute Gasteiger partial charge is 0.250 e. The van der Waals surface area contributed by atoms with Crippen LogP contribution in [0.4, 0.5) is 0 Å². The summed E-state index contributed by atoms with van der Waals surface area (Å²) in [6.45, 7) is 0. The Balaban J connectivity index is 1.50. The zero-order chi connectivity index (χ0) is 16.1. The molecule has 0 fully saturated rings. The summed E-state index contributed by atoms with van der Waals surface area (Å²) >= 11 is 2.96. The molecule has 116 valence electrons. The minimum Gasteiger partial charge on any atom is -0.508 e. The van der Waals surface area contributed by atoms with Gasteiger partial charge in [-0.05, 0) is 42.0 Å². The average molecular weight is 343 g/mol. The van der Waals surface area contributed by atoms with Crippen LogP contribution in [0.1, 0.15) is 5.56 Å². The molecule has 0 aliphatic heterocycles. The Morgan fingerprint density at radius 1 is 1.26 bits per heavy atom. The van der Waals surface area contributed by atoms with Crippen LogP contribution in [0.25, 0.3) is 10.2 Å². The van der Waals surface area contributed by atoms with Crippen LogP contribution in [0.15, 0.2) is 58.0 Å². The van der Waals surface area contributed by atoms with Gasteiger partial charge >= 0.3 is 0 Å². The third kappa shape index (κ3) is 4.30. The van der Waals surface area contributed by atoms with Gasteiger partial charge in [0.15, 0.2) is 4.34 Å². The molecule has 0 bridgehead atoms. The van der Waals surface area contributed by atoms with E-state index < -0.39 is 0 Å². The van der Waals surface area contributed by atoms with E-state index in [4.69, 9.17) is 0 Å². The van der Waals surface area contributed by atoms with E-state index in [0.717, 1.165) is 20.1 Å². The van der Waals surface area contributed by atoms with Crippen LogP contribution in [0.2, 0.25) is 0 Å². The van der Waals surface area contributed by atoms with E-state index in [9.17, 15) is 9.90 Å². The molecule has 0 aliphatic rings. The number of benzene rings is 2. The summed E-state index contributed by atoms with van der Waals surface area (Å²) in [5.74, 6) is 0.259. The van der Waals surface area contributed by atoms with Crippen molar-refractivity contribution in [3.05, 3.63) is 54.1 Å². The Hall–Kier alpha value is -2.38. The van der Waals surface area contributed by atoms with Crippen LogP contribution >= 0.6 is 23.1 Å². The normalized spacial score (nSPS) is 11.1. The van der Waals surface area contributed by atoms with Gasteiger partial charge in [0.2, 0.25) is 0 Å². The molecule has 7 heteroatoms. The molecule has 3 rings (SSSR count). The number of nitrogens with zero attached hydrogens (tertiary/aromatic N) is 2. The summed E-state index contributed by atoms with van der Waals surface area (Å²) in [6, 6.07) is 14.4. The third-order valence-corrected chi connectivity index (χ3v) is 5.08. The molecule has 1 heterocycles. The first kappa shape index (κ1) is 15.5. The zero-order valence-electron chi connectivity index (χ0n) is 12.0. The first-order valence-electron chi connectivity index (χ1n) is 6.80. The van der Waals surface area contributed by atoms with Crippen LogP contribution in [-0.2, 0) is 4.79 Å². The second-order valence-electron chi connectivity index (χ2n) is 4.62. The first-order chi connectivity index (χ1) is 11.2. The highest BCUT2D eigenvalue weighted by Crippen LogP contribution is 2.28. The summed E-state index contributed by atoms with van der Waals surface area (Å²) in [4.78, 5) is 16.2. The van der Waals surface area contributed by atoms with Gasteiger partial charge in [0.1, 0.15) is 5.75 Å². The summed E-state index contributed by atoms with van der Waals surface area (Å²) in [5, 5.41) is 13.1. The lowest BCUT2D eigenvalue weighted by Crippen LogP contribution is -2.19. The fourth-order valence-electron chi connectivity index (χ4n) is 1.81. The van der Waals surface area contributed by atoms with Crippen LogP contribution < -0.4 is 5.43 Å². The average Bonchev–Trinajstić information content (AvgIpc) is 2.98. The molecule has 0 unspecified atom stereocenters. The summed E-state index contributed by atoms with van der Waals surface area (Å²) in [6.07, 6.45) is 1.53. The van der Waals surface area contributed by atoms with Gasteiger partial charge in [0.05, 0.1) is 22.2 Å². The molecule has 0 spiro atoms. The molecule has 2 aromatic carbocycles. The summed E-state index contributed by atoms with van der Waals surface area (Å²) in [7, 11) is 0. The summed E-state index contributed by atoms with van der Waals surface area (Å²) < 4.78 is 1.98. The molecule has 2 N–H and O–H groups in total. The number of fused-ring (bicyclic) bond motifs is 1. The molecule has 0 aliphatic carbocycles. The Labute approximate surface area is 141 Å². The fourth-order valence-corrected chi connectivity index (χ4v) is 3.67. The highest BCUT2D eigenvalue weighted by molar-refractivity contribution is 8.01. The molecule has 1 aromatic heterocycles. The molecule has 1 amide bonds. The lowest BCUT2D eigenvalue weighted by Gasteiger charge is -1.98. The van der Waals surface area contributed by atoms with Gasteiger partial charge in [0, 0.05) is 0 Å². The molecule has 0 saturated carbocycles. The number of rotatable bonds is 5. The van der Waals surface area contributed by atoms with E-state index in [1.165, 1.54) is 18.0 Å². The first-order valence-corrected chi connectivity index (χ1v) is 8.60. The van der Waals surface area contributed by atoms with Gasteiger partial charge in [-0.3, -0.25) is 4.79 Å². The van der Waals surface area contributed by atoms with Crippen molar-refractivity contribution in [2.75, 3.05) is 5.75 Å². The van der Waals surface area contributed by atoms with E-state index in [1.807, 2.05) is 24.3 Å². The number of thioether (sulfide) groups is 1. The van der Waals surface area contributed by atoms with E-state index in [0.29, 0.717) is 0 Å². The number of phenols is 1. The number of aromatic nitrogens is 1. The Kier molecular flexibility index (Phi) is 4.89. The minimum atomic E-state index is -0.190. The SMILES string of the molecule is O=C(CSc1nc2ccccc2s1)N/N=C/c1ccc(O)cc1. The van der Waals surface area contributed by atoms with Crippen molar-refractivity contribution < 1.29 is 9.90 Å². The standard InChI is InChI=1S/C16H13N3O2S2/c20-12-7-5-11(6-8-12)9-17-19-15(21)10-22-16-18-13-3-1-2-4-14(13)23-16/h1-9,20H,10H2,(H,19,21)/b17-9+. The number of hydrazone groups is 1. The number of nitrogens with one attached hydrogen (secondary N) is 1. The molecule has 0 radical (unpaired) electrons. The monoisotopic (exact) mass is 343 g/mol. The number of aromatic hydroxyl groups is 1. The van der Waals surface area contributed by atoms with Gasteiger partial charge in [-0.25, -0.2) is 10.4 Å². The van der Waals surface area contributed by atoms with Crippen LogP contribution in [0, 0.1) is 0 Å². The van der Waals surface area contributed by atoms with Crippen LogP contribution in [0.5, 0.6) is 5.75 Å². The molecular formula is C16H13N3O2S2. The maximum Gasteiger partial charge on any atom is 0.250 e. The molecule has 0 saturated heterocycles. The predicted octanol–water partition coefficient (Wildman–Crippen LogP) is 3.24. The Morgan fingerprint density at radius 2 is 2.04 bits per heavy atom.